The zero-order chi connectivity index (χ0) is 15.5. The van der Waals surface area contributed by atoms with Gasteiger partial charge in [-0.05, 0) is 18.2 Å². The number of hydrogen-bond acceptors (Lipinski definition) is 5. The van der Waals surface area contributed by atoms with E-state index < -0.39 is 10.0 Å². The number of methoxy groups -OCH3 is 1. The van der Waals surface area contributed by atoms with E-state index in [4.69, 9.17) is 22.1 Å². The third-order valence-electron chi connectivity index (χ3n) is 2.80. The second-order valence-electron chi connectivity index (χ2n) is 4.16. The van der Waals surface area contributed by atoms with E-state index in [0.717, 1.165) is 0 Å². The van der Waals surface area contributed by atoms with Gasteiger partial charge in [0, 0.05) is 29.4 Å². The number of nitrogens with two attached hydrogens (primary N) is 1. The molecule has 0 amide bonds. The van der Waals surface area contributed by atoms with Crippen LogP contribution in [-0.4, -0.2) is 20.5 Å². The molecule has 6 nitrogen and oxygen atoms in total. The molecule has 0 spiro atoms. The molecule has 0 saturated carbocycles. The maximum Gasteiger partial charge on any atom is 0.241 e. The first kappa shape index (κ1) is 15.6. The Labute approximate surface area is 128 Å². The van der Waals surface area contributed by atoms with Gasteiger partial charge in [0.05, 0.1) is 12.0 Å². The van der Waals surface area contributed by atoms with Crippen molar-refractivity contribution in [1.29, 1.82) is 0 Å². The average molecular weight is 328 g/mol. The number of benzene rings is 1. The highest BCUT2D eigenvalue weighted by molar-refractivity contribution is 7.89. The van der Waals surface area contributed by atoms with Crippen molar-refractivity contribution in [3.8, 4) is 5.75 Å². The fourth-order valence-corrected chi connectivity index (χ4v) is 3.00. The predicted molar refractivity (Wildman–Crippen MR) is 80.7 cm³/mol. The zero-order valence-electron chi connectivity index (χ0n) is 11.2. The van der Waals surface area contributed by atoms with E-state index in [9.17, 15) is 8.42 Å². The summed E-state index contributed by atoms with van der Waals surface area (Å²) in [5.41, 5.74) is 6.05. The van der Waals surface area contributed by atoms with Crippen LogP contribution < -0.4 is 15.2 Å². The maximum absolute atomic E-state index is 12.2. The van der Waals surface area contributed by atoms with E-state index in [-0.39, 0.29) is 17.3 Å². The van der Waals surface area contributed by atoms with E-state index >= 15 is 0 Å². The third kappa shape index (κ3) is 3.63. The Morgan fingerprint density at radius 1 is 1.38 bits per heavy atom. The molecule has 0 aliphatic carbocycles. The van der Waals surface area contributed by atoms with Gasteiger partial charge in [0.1, 0.15) is 11.6 Å². The van der Waals surface area contributed by atoms with E-state index in [1.807, 2.05) is 0 Å². The van der Waals surface area contributed by atoms with Gasteiger partial charge < -0.3 is 10.5 Å². The summed E-state index contributed by atoms with van der Waals surface area (Å²) in [5.74, 6) is 0.646. The molecule has 0 saturated heterocycles. The molecule has 1 heterocycles. The van der Waals surface area contributed by atoms with Gasteiger partial charge in [-0.25, -0.2) is 18.1 Å². The highest BCUT2D eigenvalue weighted by Gasteiger charge is 2.16. The molecular formula is C13H14ClN3O3S. The number of rotatable bonds is 5. The quantitative estimate of drug-likeness (QED) is 0.873. The normalized spacial score (nSPS) is 11.3. The number of nitrogen functional groups attached to an aromatic ring is 1. The molecule has 8 heteroatoms. The number of nitrogens with zero attached hydrogens (tertiary/aromatic N) is 1. The zero-order valence-corrected chi connectivity index (χ0v) is 12.8. The second-order valence-corrected chi connectivity index (χ2v) is 6.34. The highest BCUT2D eigenvalue weighted by atomic mass is 35.5. The Hall–Kier alpha value is -1.83. The number of pyridine rings is 1. The fourth-order valence-electron chi connectivity index (χ4n) is 1.75. The Morgan fingerprint density at radius 2 is 2.14 bits per heavy atom. The number of ether oxygens (including phenoxy) is 1. The summed E-state index contributed by atoms with van der Waals surface area (Å²) in [4.78, 5) is 3.80. The number of hydrogen-bond donors (Lipinski definition) is 2. The molecule has 112 valence electrons. The van der Waals surface area contributed by atoms with Crippen molar-refractivity contribution >= 4 is 27.4 Å². The van der Waals surface area contributed by atoms with Crippen molar-refractivity contribution in [1.82, 2.24) is 9.71 Å². The molecule has 0 unspecified atom stereocenters. The molecule has 2 aromatic rings. The summed E-state index contributed by atoms with van der Waals surface area (Å²) in [6.07, 6.45) is 1.33. The van der Waals surface area contributed by atoms with Crippen molar-refractivity contribution in [2.75, 3.05) is 12.8 Å². The molecule has 0 aliphatic heterocycles. The van der Waals surface area contributed by atoms with Crippen molar-refractivity contribution < 1.29 is 13.2 Å². The number of aromatic nitrogens is 1. The molecule has 1 aromatic carbocycles. The number of anilines is 1. The van der Waals surface area contributed by atoms with Gasteiger partial charge in [-0.1, -0.05) is 17.7 Å². The van der Waals surface area contributed by atoms with Gasteiger partial charge in [0.15, 0.2) is 0 Å². The van der Waals surface area contributed by atoms with E-state index in [2.05, 4.69) is 9.71 Å². The Kier molecular flexibility index (Phi) is 4.66. The molecule has 3 N–H and O–H groups in total. The molecule has 2 rings (SSSR count). The Morgan fingerprint density at radius 3 is 2.81 bits per heavy atom. The maximum atomic E-state index is 12.2. The molecule has 0 aliphatic rings. The standard InChI is InChI=1S/C13H14ClN3O3S/c1-20-12-4-2-3-11(14)10(12)8-17-21(18,19)9-5-6-16-13(15)7-9/h2-7,17H,8H2,1H3,(H2,15,16). The number of nitrogens with one attached hydrogen (secondary N) is 1. The summed E-state index contributed by atoms with van der Waals surface area (Å²) in [7, 11) is -2.21. The van der Waals surface area contributed by atoms with Crippen LogP contribution in [0.3, 0.4) is 0 Å². The van der Waals surface area contributed by atoms with Crippen LogP contribution in [0, 0.1) is 0 Å². The first-order valence-corrected chi connectivity index (χ1v) is 7.83. The van der Waals surface area contributed by atoms with Crippen LogP contribution in [0.15, 0.2) is 41.4 Å². The largest absolute Gasteiger partial charge is 0.496 e. The fraction of sp³-hybridized carbons (Fsp3) is 0.154. The van der Waals surface area contributed by atoms with Crippen molar-refractivity contribution in [3.63, 3.8) is 0 Å². The van der Waals surface area contributed by atoms with Gasteiger partial charge in [-0.3, -0.25) is 0 Å². The molecule has 0 bridgehead atoms. The molecule has 1 aromatic heterocycles. The van der Waals surface area contributed by atoms with Gasteiger partial charge in [-0.2, -0.15) is 0 Å². The number of sulfonamides is 1. The smallest absolute Gasteiger partial charge is 0.241 e. The van der Waals surface area contributed by atoms with Gasteiger partial charge in [0.2, 0.25) is 10.0 Å². The van der Waals surface area contributed by atoms with Crippen LogP contribution in [0.5, 0.6) is 5.75 Å². The first-order valence-electron chi connectivity index (χ1n) is 5.96. The average Bonchev–Trinajstić information content (AvgIpc) is 2.45. The molecule has 0 radical (unpaired) electrons. The summed E-state index contributed by atoms with van der Waals surface area (Å²) in [5, 5.41) is 0.422. The Balaban J connectivity index is 2.24. The van der Waals surface area contributed by atoms with Crippen LogP contribution in [0.4, 0.5) is 5.82 Å². The van der Waals surface area contributed by atoms with Crippen LogP contribution in [0.2, 0.25) is 5.02 Å². The van der Waals surface area contributed by atoms with Crippen molar-refractivity contribution in [2.45, 2.75) is 11.4 Å². The minimum Gasteiger partial charge on any atom is -0.496 e. The van der Waals surface area contributed by atoms with Crippen LogP contribution in [0.1, 0.15) is 5.56 Å². The lowest BCUT2D eigenvalue weighted by Gasteiger charge is -2.12. The molecule has 21 heavy (non-hydrogen) atoms. The van der Waals surface area contributed by atoms with E-state index in [1.54, 1.807) is 18.2 Å². The molecule has 0 fully saturated rings. The van der Waals surface area contributed by atoms with E-state index in [1.165, 1.54) is 25.4 Å². The summed E-state index contributed by atoms with van der Waals surface area (Å²) in [6, 6.07) is 7.75. The minimum atomic E-state index is -3.71. The van der Waals surface area contributed by atoms with Crippen molar-refractivity contribution in [2.24, 2.45) is 0 Å². The summed E-state index contributed by atoms with van der Waals surface area (Å²) < 4.78 is 32.0. The van der Waals surface area contributed by atoms with E-state index in [0.29, 0.717) is 16.3 Å². The molecule has 0 atom stereocenters. The predicted octanol–water partition coefficient (Wildman–Crippen LogP) is 1.80. The summed E-state index contributed by atoms with van der Waals surface area (Å²) in [6.45, 7) is 0.00735. The van der Waals surface area contributed by atoms with Crippen LogP contribution >= 0.6 is 11.6 Å². The summed E-state index contributed by atoms with van der Waals surface area (Å²) >= 11 is 6.06. The first-order chi connectivity index (χ1) is 9.94. The monoisotopic (exact) mass is 327 g/mol. The lowest BCUT2D eigenvalue weighted by atomic mass is 10.2. The van der Waals surface area contributed by atoms with Gasteiger partial charge >= 0.3 is 0 Å². The highest BCUT2D eigenvalue weighted by Crippen LogP contribution is 2.26. The number of halogens is 1. The minimum absolute atomic E-state index is 0.00735. The molecular weight excluding hydrogens is 314 g/mol. The van der Waals surface area contributed by atoms with Crippen LogP contribution in [-0.2, 0) is 16.6 Å². The lowest BCUT2D eigenvalue weighted by Crippen LogP contribution is -2.23. The van der Waals surface area contributed by atoms with Gasteiger partial charge in [-0.15, -0.1) is 0 Å². The topological polar surface area (TPSA) is 94.3 Å². The SMILES string of the molecule is COc1cccc(Cl)c1CNS(=O)(=O)c1ccnc(N)c1. The Bertz CT molecular complexity index is 750. The van der Waals surface area contributed by atoms with Crippen LogP contribution in [0.25, 0.3) is 0 Å². The third-order valence-corrected chi connectivity index (χ3v) is 4.55. The van der Waals surface area contributed by atoms with Gasteiger partial charge in [0.25, 0.3) is 0 Å². The van der Waals surface area contributed by atoms with Crippen molar-refractivity contribution in [3.05, 3.63) is 47.1 Å². The lowest BCUT2D eigenvalue weighted by molar-refractivity contribution is 0.409. The second kappa shape index (κ2) is 6.30.